The predicted molar refractivity (Wildman–Crippen MR) is 58.8 cm³/mol. The predicted octanol–water partition coefficient (Wildman–Crippen LogP) is 3.83. The van der Waals surface area contributed by atoms with Gasteiger partial charge in [-0.25, -0.2) is 4.39 Å². The quantitative estimate of drug-likeness (QED) is 0.646. The van der Waals surface area contributed by atoms with Crippen LogP contribution in [0.2, 0.25) is 5.02 Å². The number of benzene rings is 1. The zero-order chi connectivity index (χ0) is 13.2. The minimum absolute atomic E-state index is 0.0774. The summed E-state index contributed by atoms with van der Waals surface area (Å²) in [6.07, 6.45) is -4.83. The molecule has 17 heavy (non-hydrogen) atoms. The van der Waals surface area contributed by atoms with Crippen LogP contribution in [0.4, 0.5) is 23.2 Å². The zero-order valence-corrected chi connectivity index (χ0v) is 10.4. The smallest absolute Gasteiger partial charge is 0.324 e. The summed E-state index contributed by atoms with van der Waals surface area (Å²) in [7, 11) is 0. The standard InChI is InChI=1S/C9H5BrClF4NO/c10-3-8(17)16-7-2-6(12)4(1-5(7)11)9(13,14)15/h1-2H,3H2,(H,16,17). The molecule has 0 aliphatic heterocycles. The van der Waals surface area contributed by atoms with Crippen LogP contribution in [0, 0.1) is 5.82 Å². The molecular formula is C9H5BrClF4NO. The first kappa shape index (κ1) is 14.2. The van der Waals surface area contributed by atoms with E-state index in [4.69, 9.17) is 11.6 Å². The summed E-state index contributed by atoms with van der Waals surface area (Å²) >= 11 is 8.34. The fraction of sp³-hybridized carbons (Fsp3) is 0.222. The molecule has 94 valence electrons. The summed E-state index contributed by atoms with van der Waals surface area (Å²) in [5, 5.41) is 1.70. The molecule has 2 nitrogen and oxygen atoms in total. The fourth-order valence-corrected chi connectivity index (χ4v) is 1.39. The van der Waals surface area contributed by atoms with Gasteiger partial charge in [0, 0.05) is 0 Å². The van der Waals surface area contributed by atoms with Crippen LogP contribution in [0.15, 0.2) is 12.1 Å². The van der Waals surface area contributed by atoms with Crippen molar-refractivity contribution in [3.8, 4) is 0 Å². The molecule has 1 amide bonds. The van der Waals surface area contributed by atoms with Gasteiger partial charge in [-0.2, -0.15) is 13.2 Å². The zero-order valence-electron chi connectivity index (χ0n) is 8.04. The van der Waals surface area contributed by atoms with Crippen LogP contribution in [0.5, 0.6) is 0 Å². The summed E-state index contributed by atoms with van der Waals surface area (Å²) in [4.78, 5) is 11.0. The molecule has 0 spiro atoms. The van der Waals surface area contributed by atoms with Crippen molar-refractivity contribution in [1.29, 1.82) is 0 Å². The van der Waals surface area contributed by atoms with E-state index in [0.29, 0.717) is 12.1 Å². The van der Waals surface area contributed by atoms with Gasteiger partial charge in [-0.05, 0) is 12.1 Å². The lowest BCUT2D eigenvalue weighted by molar-refractivity contribution is -0.139. The van der Waals surface area contributed by atoms with Crippen LogP contribution in [-0.2, 0) is 11.0 Å². The van der Waals surface area contributed by atoms with E-state index in [9.17, 15) is 22.4 Å². The Balaban J connectivity index is 3.14. The van der Waals surface area contributed by atoms with Gasteiger partial charge in [0.15, 0.2) is 0 Å². The van der Waals surface area contributed by atoms with Gasteiger partial charge in [0.25, 0.3) is 0 Å². The molecule has 1 N–H and O–H groups in total. The Morgan fingerprint density at radius 2 is 2.00 bits per heavy atom. The van der Waals surface area contributed by atoms with E-state index in [-0.39, 0.29) is 16.0 Å². The number of alkyl halides is 4. The maximum Gasteiger partial charge on any atom is 0.419 e. The number of anilines is 1. The molecule has 1 aromatic carbocycles. The Bertz CT molecular complexity index is 449. The molecule has 0 unspecified atom stereocenters. The first-order valence-electron chi connectivity index (χ1n) is 4.17. The summed E-state index contributed by atoms with van der Waals surface area (Å²) in [5.41, 5.74) is -1.68. The lowest BCUT2D eigenvalue weighted by Crippen LogP contribution is -2.14. The number of halogens is 6. The highest BCUT2D eigenvalue weighted by atomic mass is 79.9. The number of carbonyl (C=O) groups is 1. The molecule has 0 fully saturated rings. The summed E-state index contributed by atoms with van der Waals surface area (Å²) < 4.78 is 50.0. The largest absolute Gasteiger partial charge is 0.419 e. The Morgan fingerprint density at radius 1 is 1.41 bits per heavy atom. The Kier molecular flexibility index (Phi) is 4.37. The summed E-state index contributed by atoms with van der Waals surface area (Å²) in [5.74, 6) is -2.04. The second kappa shape index (κ2) is 5.22. The minimum Gasteiger partial charge on any atom is -0.324 e. The van der Waals surface area contributed by atoms with E-state index in [0.717, 1.165) is 0 Å². The molecule has 0 aromatic heterocycles. The van der Waals surface area contributed by atoms with Crippen molar-refractivity contribution >= 4 is 39.1 Å². The first-order chi connectivity index (χ1) is 7.75. The molecule has 0 aliphatic carbocycles. The van der Waals surface area contributed by atoms with Crippen LogP contribution in [0.1, 0.15) is 5.56 Å². The van der Waals surface area contributed by atoms with Crippen molar-refractivity contribution in [2.75, 3.05) is 10.6 Å². The number of hydrogen-bond acceptors (Lipinski definition) is 1. The number of amides is 1. The number of nitrogens with one attached hydrogen (secondary N) is 1. The molecule has 0 bridgehead atoms. The highest BCUT2D eigenvalue weighted by Crippen LogP contribution is 2.36. The van der Waals surface area contributed by atoms with E-state index in [1.807, 2.05) is 0 Å². The average molecular weight is 334 g/mol. The summed E-state index contributed by atoms with van der Waals surface area (Å²) in [6, 6.07) is 0.965. The van der Waals surface area contributed by atoms with Gasteiger partial charge in [-0.1, -0.05) is 27.5 Å². The number of rotatable bonds is 2. The Hall–Kier alpha value is -0.820. The van der Waals surface area contributed by atoms with Gasteiger partial charge in [-0.3, -0.25) is 4.79 Å². The van der Waals surface area contributed by atoms with Gasteiger partial charge in [0.2, 0.25) is 5.91 Å². The van der Waals surface area contributed by atoms with Crippen molar-refractivity contribution < 1.29 is 22.4 Å². The number of hydrogen-bond donors (Lipinski definition) is 1. The minimum atomic E-state index is -4.83. The second-order valence-corrected chi connectivity index (χ2v) is 3.96. The lowest BCUT2D eigenvalue weighted by atomic mass is 10.2. The lowest BCUT2D eigenvalue weighted by Gasteiger charge is -2.11. The molecule has 1 rings (SSSR count). The Morgan fingerprint density at radius 3 is 2.47 bits per heavy atom. The van der Waals surface area contributed by atoms with Gasteiger partial charge in [0.05, 0.1) is 21.6 Å². The normalized spacial score (nSPS) is 11.4. The number of carbonyl (C=O) groups excluding carboxylic acids is 1. The maximum atomic E-state index is 13.1. The van der Waals surface area contributed by atoms with E-state index < -0.39 is 23.5 Å². The molecule has 0 saturated heterocycles. The molecule has 0 atom stereocenters. The third kappa shape index (κ3) is 3.57. The molecule has 0 aliphatic rings. The SMILES string of the molecule is O=C(CBr)Nc1cc(F)c(C(F)(F)F)cc1Cl. The van der Waals surface area contributed by atoms with Gasteiger partial charge >= 0.3 is 6.18 Å². The first-order valence-corrected chi connectivity index (χ1v) is 5.67. The topological polar surface area (TPSA) is 29.1 Å². The van der Waals surface area contributed by atoms with Gasteiger partial charge in [0.1, 0.15) is 5.82 Å². The van der Waals surface area contributed by atoms with E-state index in [1.54, 1.807) is 0 Å². The van der Waals surface area contributed by atoms with Gasteiger partial charge in [-0.15, -0.1) is 0 Å². The van der Waals surface area contributed by atoms with E-state index in [1.165, 1.54) is 0 Å². The van der Waals surface area contributed by atoms with Crippen LogP contribution < -0.4 is 5.32 Å². The van der Waals surface area contributed by atoms with Gasteiger partial charge < -0.3 is 5.32 Å². The van der Waals surface area contributed by atoms with Crippen LogP contribution >= 0.6 is 27.5 Å². The molecule has 1 aromatic rings. The summed E-state index contributed by atoms with van der Waals surface area (Å²) in [6.45, 7) is 0. The maximum absolute atomic E-state index is 13.1. The molecule has 0 saturated carbocycles. The van der Waals surface area contributed by atoms with Crippen LogP contribution in [0.3, 0.4) is 0 Å². The monoisotopic (exact) mass is 333 g/mol. The Labute approximate surface area is 107 Å². The molecule has 0 radical (unpaired) electrons. The van der Waals surface area contributed by atoms with Crippen molar-refractivity contribution in [1.82, 2.24) is 0 Å². The van der Waals surface area contributed by atoms with Crippen molar-refractivity contribution in [2.45, 2.75) is 6.18 Å². The fourth-order valence-electron chi connectivity index (χ4n) is 1.04. The molecular weight excluding hydrogens is 329 g/mol. The average Bonchev–Trinajstić information content (AvgIpc) is 2.21. The molecule has 0 heterocycles. The van der Waals surface area contributed by atoms with Crippen molar-refractivity contribution in [3.05, 3.63) is 28.5 Å². The van der Waals surface area contributed by atoms with Crippen molar-refractivity contribution in [2.24, 2.45) is 0 Å². The van der Waals surface area contributed by atoms with E-state index >= 15 is 0 Å². The van der Waals surface area contributed by atoms with Crippen LogP contribution in [0.25, 0.3) is 0 Å². The van der Waals surface area contributed by atoms with Crippen molar-refractivity contribution in [3.63, 3.8) is 0 Å². The second-order valence-electron chi connectivity index (χ2n) is 2.99. The third-order valence-corrected chi connectivity index (χ3v) is 2.58. The third-order valence-electron chi connectivity index (χ3n) is 1.76. The highest BCUT2D eigenvalue weighted by molar-refractivity contribution is 9.09. The van der Waals surface area contributed by atoms with E-state index in [2.05, 4.69) is 21.2 Å². The highest BCUT2D eigenvalue weighted by Gasteiger charge is 2.34. The van der Waals surface area contributed by atoms with Crippen LogP contribution in [-0.4, -0.2) is 11.2 Å². The molecule has 8 heteroatoms.